The van der Waals surface area contributed by atoms with E-state index >= 15 is 0 Å². The van der Waals surface area contributed by atoms with Crippen molar-refractivity contribution in [3.8, 4) is 0 Å². The first kappa shape index (κ1) is 14.6. The summed E-state index contributed by atoms with van der Waals surface area (Å²) in [7, 11) is 1.65. The lowest BCUT2D eigenvalue weighted by atomic mass is 10.2. The first-order valence-electron chi connectivity index (χ1n) is 7.13. The highest BCUT2D eigenvalue weighted by atomic mass is 16.5. The maximum absolute atomic E-state index is 12.6. The molecule has 0 radical (unpaired) electrons. The van der Waals surface area contributed by atoms with E-state index in [1.165, 1.54) is 0 Å². The fourth-order valence-electron chi connectivity index (χ4n) is 2.77. The molecule has 8 heteroatoms. The van der Waals surface area contributed by atoms with Crippen molar-refractivity contribution >= 4 is 11.7 Å². The van der Waals surface area contributed by atoms with E-state index in [9.17, 15) is 4.79 Å². The van der Waals surface area contributed by atoms with Gasteiger partial charge in [0.05, 0.1) is 24.4 Å². The van der Waals surface area contributed by atoms with Crippen molar-refractivity contribution in [3.63, 3.8) is 0 Å². The van der Waals surface area contributed by atoms with Gasteiger partial charge in [0.15, 0.2) is 0 Å². The number of anilines is 1. The lowest BCUT2D eigenvalue weighted by Crippen LogP contribution is -2.38. The standard InChI is InChI=1S/C14H19N5O3/c1-9-5-12(22-17-9)14(20)19-8-11(21-2)6-10(19)7-18-4-3-13(15)16-18/h3-5,10-11H,6-8H2,1-2H3,(H2,15,16)/t10-,11+/m0/s1. The van der Waals surface area contributed by atoms with E-state index in [0.717, 1.165) is 6.42 Å². The molecule has 0 spiro atoms. The number of methoxy groups -OCH3 is 1. The van der Waals surface area contributed by atoms with Crippen molar-refractivity contribution in [2.75, 3.05) is 19.4 Å². The Morgan fingerprint density at radius 3 is 3.00 bits per heavy atom. The topological polar surface area (TPSA) is 99.4 Å². The number of hydrogen-bond acceptors (Lipinski definition) is 6. The predicted molar refractivity (Wildman–Crippen MR) is 78.1 cm³/mol. The Bertz CT molecular complexity index is 665. The van der Waals surface area contributed by atoms with Gasteiger partial charge in [-0.25, -0.2) is 0 Å². The molecule has 1 aliphatic heterocycles. The molecule has 2 aromatic heterocycles. The molecule has 0 saturated carbocycles. The van der Waals surface area contributed by atoms with Crippen LogP contribution in [0.1, 0.15) is 22.7 Å². The minimum Gasteiger partial charge on any atom is -0.382 e. The van der Waals surface area contributed by atoms with Crippen LogP contribution in [0.3, 0.4) is 0 Å². The van der Waals surface area contributed by atoms with Gasteiger partial charge in [0, 0.05) is 25.9 Å². The summed E-state index contributed by atoms with van der Waals surface area (Å²) >= 11 is 0. The fraction of sp³-hybridized carbons (Fsp3) is 0.500. The molecular weight excluding hydrogens is 286 g/mol. The Labute approximate surface area is 127 Å². The van der Waals surface area contributed by atoms with Crippen LogP contribution < -0.4 is 5.73 Å². The van der Waals surface area contributed by atoms with E-state index in [1.807, 2.05) is 0 Å². The van der Waals surface area contributed by atoms with Crippen molar-refractivity contribution in [3.05, 3.63) is 29.8 Å². The van der Waals surface area contributed by atoms with Crippen LogP contribution in [0.5, 0.6) is 0 Å². The van der Waals surface area contributed by atoms with Gasteiger partial charge in [-0.05, 0) is 19.4 Å². The molecule has 3 heterocycles. The number of rotatable bonds is 4. The van der Waals surface area contributed by atoms with Crippen molar-refractivity contribution in [1.82, 2.24) is 19.8 Å². The molecule has 8 nitrogen and oxygen atoms in total. The number of nitrogens with zero attached hydrogens (tertiary/aromatic N) is 4. The Balaban J connectivity index is 1.78. The van der Waals surface area contributed by atoms with Crippen LogP contribution in [0, 0.1) is 6.92 Å². The molecule has 2 N–H and O–H groups in total. The summed E-state index contributed by atoms with van der Waals surface area (Å²) in [5, 5.41) is 7.95. The third-order valence-corrected chi connectivity index (χ3v) is 3.87. The molecule has 1 aliphatic rings. The molecule has 0 aliphatic carbocycles. The highest BCUT2D eigenvalue weighted by Gasteiger charge is 2.37. The summed E-state index contributed by atoms with van der Waals surface area (Å²) in [4.78, 5) is 14.4. The van der Waals surface area contributed by atoms with Crippen LogP contribution in [-0.4, -0.2) is 51.5 Å². The lowest BCUT2D eigenvalue weighted by Gasteiger charge is -2.23. The van der Waals surface area contributed by atoms with E-state index in [-0.39, 0.29) is 23.8 Å². The van der Waals surface area contributed by atoms with Crippen LogP contribution in [-0.2, 0) is 11.3 Å². The Hall–Kier alpha value is -2.35. The number of nitrogens with two attached hydrogens (primary N) is 1. The Morgan fingerprint density at radius 2 is 2.41 bits per heavy atom. The summed E-state index contributed by atoms with van der Waals surface area (Å²) in [5.74, 6) is 0.537. The van der Waals surface area contributed by atoms with Gasteiger partial charge in [-0.1, -0.05) is 5.16 Å². The molecule has 118 valence electrons. The summed E-state index contributed by atoms with van der Waals surface area (Å²) in [6.07, 6.45) is 2.55. The van der Waals surface area contributed by atoms with E-state index in [1.54, 1.807) is 41.9 Å². The molecule has 2 aromatic rings. The summed E-state index contributed by atoms with van der Waals surface area (Å²) < 4.78 is 12.2. The molecule has 3 rings (SSSR count). The number of carbonyl (C=O) groups excluding carboxylic acids is 1. The lowest BCUT2D eigenvalue weighted by molar-refractivity contribution is 0.0639. The molecule has 0 aromatic carbocycles. The maximum atomic E-state index is 12.6. The third-order valence-electron chi connectivity index (χ3n) is 3.87. The number of hydrogen-bond donors (Lipinski definition) is 1. The Morgan fingerprint density at radius 1 is 1.59 bits per heavy atom. The first-order valence-corrected chi connectivity index (χ1v) is 7.13. The first-order chi connectivity index (χ1) is 10.6. The van der Waals surface area contributed by atoms with Crippen molar-refractivity contribution < 1.29 is 14.1 Å². The molecule has 0 unspecified atom stereocenters. The summed E-state index contributed by atoms with van der Waals surface area (Å²) in [5.41, 5.74) is 6.32. The predicted octanol–water partition coefficient (Wildman–Crippen LogP) is 0.691. The van der Waals surface area contributed by atoms with Gasteiger partial charge in [0.25, 0.3) is 5.91 Å². The van der Waals surface area contributed by atoms with Gasteiger partial charge in [-0.2, -0.15) is 5.10 Å². The van der Waals surface area contributed by atoms with Crippen LogP contribution in [0.25, 0.3) is 0 Å². The van der Waals surface area contributed by atoms with E-state index in [2.05, 4.69) is 10.3 Å². The fourth-order valence-corrected chi connectivity index (χ4v) is 2.77. The van der Waals surface area contributed by atoms with Gasteiger partial charge in [-0.3, -0.25) is 9.48 Å². The van der Waals surface area contributed by atoms with Gasteiger partial charge in [-0.15, -0.1) is 0 Å². The van der Waals surface area contributed by atoms with Gasteiger partial charge < -0.3 is 19.9 Å². The maximum Gasteiger partial charge on any atom is 0.292 e. The number of aryl methyl sites for hydroxylation is 1. The number of aromatic nitrogens is 3. The van der Waals surface area contributed by atoms with Crippen LogP contribution in [0.2, 0.25) is 0 Å². The second-order valence-electron chi connectivity index (χ2n) is 5.50. The van der Waals surface area contributed by atoms with Gasteiger partial charge in [0.2, 0.25) is 5.76 Å². The zero-order chi connectivity index (χ0) is 15.7. The second-order valence-corrected chi connectivity index (χ2v) is 5.50. The SMILES string of the molecule is CO[C@@H]1C[C@@H](Cn2ccc(N)n2)N(C(=O)c2cc(C)no2)C1. The largest absolute Gasteiger partial charge is 0.382 e. The zero-order valence-electron chi connectivity index (χ0n) is 12.6. The minimum atomic E-state index is -0.176. The molecule has 1 fully saturated rings. The molecule has 22 heavy (non-hydrogen) atoms. The zero-order valence-corrected chi connectivity index (χ0v) is 12.6. The van der Waals surface area contributed by atoms with Crippen molar-refractivity contribution in [2.24, 2.45) is 0 Å². The van der Waals surface area contributed by atoms with E-state index < -0.39 is 0 Å². The smallest absolute Gasteiger partial charge is 0.292 e. The molecule has 1 amide bonds. The van der Waals surface area contributed by atoms with Gasteiger partial charge >= 0.3 is 0 Å². The third kappa shape index (κ3) is 2.82. The number of likely N-dealkylation sites (tertiary alicyclic amines) is 1. The number of ether oxygens (including phenoxy) is 1. The quantitative estimate of drug-likeness (QED) is 0.892. The normalized spacial score (nSPS) is 21.5. The number of amides is 1. The Kier molecular flexibility index (Phi) is 3.84. The highest BCUT2D eigenvalue weighted by Crippen LogP contribution is 2.24. The van der Waals surface area contributed by atoms with Crippen molar-refractivity contribution in [1.29, 1.82) is 0 Å². The summed E-state index contributed by atoms with van der Waals surface area (Å²) in [6.45, 7) is 2.87. The average Bonchev–Trinajstić information content (AvgIpc) is 3.19. The minimum absolute atomic E-state index is 0.00544. The van der Waals surface area contributed by atoms with Crippen LogP contribution in [0.4, 0.5) is 5.82 Å². The second kappa shape index (κ2) is 5.80. The monoisotopic (exact) mass is 305 g/mol. The molecule has 2 atom stereocenters. The van der Waals surface area contributed by atoms with Crippen LogP contribution in [0.15, 0.2) is 22.9 Å². The van der Waals surface area contributed by atoms with E-state index in [0.29, 0.717) is 24.6 Å². The molecule has 1 saturated heterocycles. The average molecular weight is 305 g/mol. The molecular formula is C14H19N5O3. The van der Waals surface area contributed by atoms with Gasteiger partial charge in [0.1, 0.15) is 5.82 Å². The number of nitrogen functional groups attached to an aromatic ring is 1. The molecule has 0 bridgehead atoms. The summed E-state index contributed by atoms with van der Waals surface area (Å²) in [6, 6.07) is 3.35. The van der Waals surface area contributed by atoms with E-state index in [4.69, 9.17) is 15.0 Å². The highest BCUT2D eigenvalue weighted by molar-refractivity contribution is 5.92. The van der Waals surface area contributed by atoms with Crippen LogP contribution >= 0.6 is 0 Å². The van der Waals surface area contributed by atoms with Crippen molar-refractivity contribution in [2.45, 2.75) is 32.0 Å². The number of carbonyl (C=O) groups is 1.